The molecule has 1 aliphatic carbocycles. The predicted octanol–water partition coefficient (Wildman–Crippen LogP) is 3.80. The maximum absolute atomic E-state index is 5.89. The van der Waals surface area contributed by atoms with Crippen molar-refractivity contribution in [1.82, 2.24) is 10.3 Å². The maximum Gasteiger partial charge on any atom is 0.213 e. The quantitative estimate of drug-likeness (QED) is 0.898. The molecule has 1 aromatic rings. The average Bonchev–Trinajstić information content (AvgIpc) is 2.33. The maximum atomic E-state index is 5.89. The molecule has 124 valence electrons. The van der Waals surface area contributed by atoms with Gasteiger partial charge in [0.2, 0.25) is 5.88 Å². The van der Waals surface area contributed by atoms with Crippen LogP contribution in [-0.2, 0) is 0 Å². The summed E-state index contributed by atoms with van der Waals surface area (Å²) in [5, 5.41) is 3.59. The SMILES string of the molecule is CC(C)(C)COc1ccc(O[C@H]2C[C@@H](NC(C)(C)C)C2)nc1. The standard InChI is InChI=1S/C18H30N2O2/c1-17(2,3)12-21-14-7-8-16(19-11-14)22-15-9-13(10-15)20-18(4,5)6/h7-8,11,13,15,20H,9-10,12H2,1-6H3/t13-,15+. The van der Waals surface area contributed by atoms with Crippen molar-refractivity contribution in [2.75, 3.05) is 6.61 Å². The molecule has 0 radical (unpaired) electrons. The minimum absolute atomic E-state index is 0.149. The summed E-state index contributed by atoms with van der Waals surface area (Å²) in [6, 6.07) is 4.37. The molecule has 0 aliphatic heterocycles. The number of hydrogen-bond acceptors (Lipinski definition) is 4. The molecule has 0 bridgehead atoms. The van der Waals surface area contributed by atoms with Gasteiger partial charge in [0.15, 0.2) is 0 Å². The third kappa shape index (κ3) is 5.84. The molecule has 1 fully saturated rings. The van der Waals surface area contributed by atoms with Crippen LogP contribution >= 0.6 is 0 Å². The Bertz CT molecular complexity index is 465. The Hall–Kier alpha value is -1.29. The van der Waals surface area contributed by atoms with Gasteiger partial charge in [0.1, 0.15) is 11.9 Å². The fraction of sp³-hybridized carbons (Fsp3) is 0.722. The zero-order valence-corrected chi connectivity index (χ0v) is 14.8. The van der Waals surface area contributed by atoms with Crippen LogP contribution in [-0.4, -0.2) is 29.3 Å². The van der Waals surface area contributed by atoms with Crippen LogP contribution in [0.25, 0.3) is 0 Å². The van der Waals surface area contributed by atoms with Gasteiger partial charge in [-0.05, 0) is 45.1 Å². The van der Waals surface area contributed by atoms with E-state index in [-0.39, 0.29) is 17.1 Å². The summed E-state index contributed by atoms with van der Waals surface area (Å²) in [7, 11) is 0. The first-order valence-corrected chi connectivity index (χ1v) is 8.14. The van der Waals surface area contributed by atoms with Crippen molar-refractivity contribution in [1.29, 1.82) is 0 Å². The van der Waals surface area contributed by atoms with E-state index in [0.717, 1.165) is 18.6 Å². The van der Waals surface area contributed by atoms with Gasteiger partial charge in [-0.15, -0.1) is 0 Å². The highest BCUT2D eigenvalue weighted by Gasteiger charge is 2.33. The van der Waals surface area contributed by atoms with E-state index in [1.807, 2.05) is 12.1 Å². The van der Waals surface area contributed by atoms with Gasteiger partial charge in [0.25, 0.3) is 0 Å². The lowest BCUT2D eigenvalue weighted by molar-refractivity contribution is 0.0693. The van der Waals surface area contributed by atoms with E-state index >= 15 is 0 Å². The van der Waals surface area contributed by atoms with Gasteiger partial charge in [-0.1, -0.05) is 20.8 Å². The first-order valence-electron chi connectivity index (χ1n) is 8.14. The van der Waals surface area contributed by atoms with E-state index in [9.17, 15) is 0 Å². The topological polar surface area (TPSA) is 43.4 Å². The average molecular weight is 306 g/mol. The fourth-order valence-corrected chi connectivity index (χ4v) is 2.38. The summed E-state index contributed by atoms with van der Waals surface area (Å²) < 4.78 is 11.6. The van der Waals surface area contributed by atoms with Crippen molar-refractivity contribution in [3.63, 3.8) is 0 Å². The van der Waals surface area contributed by atoms with Crippen molar-refractivity contribution in [3.05, 3.63) is 18.3 Å². The highest BCUT2D eigenvalue weighted by Crippen LogP contribution is 2.27. The third-order valence-electron chi connectivity index (χ3n) is 3.40. The molecule has 1 aliphatic rings. The lowest BCUT2D eigenvalue weighted by Gasteiger charge is -2.39. The van der Waals surface area contributed by atoms with E-state index in [1.54, 1.807) is 6.20 Å². The minimum Gasteiger partial charge on any atom is -0.491 e. The van der Waals surface area contributed by atoms with Crippen LogP contribution in [0.15, 0.2) is 18.3 Å². The lowest BCUT2D eigenvalue weighted by Crippen LogP contribution is -2.53. The van der Waals surface area contributed by atoms with E-state index in [1.165, 1.54) is 0 Å². The van der Waals surface area contributed by atoms with Crippen LogP contribution in [0.4, 0.5) is 0 Å². The van der Waals surface area contributed by atoms with Crippen LogP contribution in [0.2, 0.25) is 0 Å². The van der Waals surface area contributed by atoms with Crippen molar-refractivity contribution in [3.8, 4) is 11.6 Å². The van der Waals surface area contributed by atoms with Crippen LogP contribution in [0.3, 0.4) is 0 Å². The normalized spacial score (nSPS) is 22.1. The van der Waals surface area contributed by atoms with Crippen LogP contribution in [0, 0.1) is 5.41 Å². The molecule has 0 aromatic carbocycles. The largest absolute Gasteiger partial charge is 0.491 e. The van der Waals surface area contributed by atoms with Gasteiger partial charge in [-0.2, -0.15) is 0 Å². The Morgan fingerprint density at radius 1 is 1.14 bits per heavy atom. The van der Waals surface area contributed by atoms with E-state index in [2.05, 4.69) is 51.8 Å². The summed E-state index contributed by atoms with van der Waals surface area (Å²) in [6.07, 6.45) is 4.10. The lowest BCUT2D eigenvalue weighted by atomic mass is 9.87. The smallest absolute Gasteiger partial charge is 0.213 e. The van der Waals surface area contributed by atoms with Crippen molar-refractivity contribution in [2.24, 2.45) is 5.41 Å². The number of rotatable bonds is 5. The number of pyridine rings is 1. The zero-order valence-electron chi connectivity index (χ0n) is 14.8. The summed E-state index contributed by atoms with van der Waals surface area (Å²) in [4.78, 5) is 4.33. The number of ether oxygens (including phenoxy) is 2. The molecule has 0 atom stereocenters. The Balaban J connectivity index is 1.74. The number of nitrogens with zero attached hydrogens (tertiary/aromatic N) is 1. The van der Waals surface area contributed by atoms with Crippen LogP contribution in [0.1, 0.15) is 54.4 Å². The number of nitrogens with one attached hydrogen (secondary N) is 1. The second-order valence-electron chi connectivity index (χ2n) is 8.48. The van der Waals surface area contributed by atoms with E-state index in [4.69, 9.17) is 9.47 Å². The predicted molar refractivity (Wildman–Crippen MR) is 89.5 cm³/mol. The van der Waals surface area contributed by atoms with Crippen LogP contribution in [0.5, 0.6) is 11.6 Å². The fourth-order valence-electron chi connectivity index (χ4n) is 2.38. The minimum atomic E-state index is 0.149. The Labute approximate surface area is 134 Å². The molecule has 1 N–H and O–H groups in total. The van der Waals surface area contributed by atoms with E-state index < -0.39 is 0 Å². The number of hydrogen-bond donors (Lipinski definition) is 1. The third-order valence-corrected chi connectivity index (χ3v) is 3.40. The molecule has 2 rings (SSSR count). The Morgan fingerprint density at radius 3 is 2.32 bits per heavy atom. The van der Waals surface area contributed by atoms with Gasteiger partial charge in [0, 0.05) is 17.6 Å². The summed E-state index contributed by atoms with van der Waals surface area (Å²) in [6.45, 7) is 13.7. The first kappa shape index (κ1) is 17.1. The molecule has 1 heterocycles. The zero-order chi connectivity index (χ0) is 16.4. The molecule has 0 spiro atoms. The summed E-state index contributed by atoms with van der Waals surface area (Å²) in [5.74, 6) is 1.48. The van der Waals surface area contributed by atoms with Crippen LogP contribution < -0.4 is 14.8 Å². The van der Waals surface area contributed by atoms with Gasteiger partial charge in [-0.3, -0.25) is 0 Å². The number of aromatic nitrogens is 1. The van der Waals surface area contributed by atoms with Crippen molar-refractivity contribution >= 4 is 0 Å². The summed E-state index contributed by atoms with van der Waals surface area (Å²) >= 11 is 0. The van der Waals surface area contributed by atoms with Crippen molar-refractivity contribution < 1.29 is 9.47 Å². The Morgan fingerprint density at radius 2 is 1.82 bits per heavy atom. The highest BCUT2D eigenvalue weighted by atomic mass is 16.5. The second-order valence-corrected chi connectivity index (χ2v) is 8.48. The monoisotopic (exact) mass is 306 g/mol. The molecule has 0 amide bonds. The molecular weight excluding hydrogens is 276 g/mol. The van der Waals surface area contributed by atoms with Gasteiger partial charge >= 0.3 is 0 Å². The van der Waals surface area contributed by atoms with E-state index in [0.29, 0.717) is 18.5 Å². The molecule has 1 aromatic heterocycles. The summed E-state index contributed by atoms with van der Waals surface area (Å²) in [5.41, 5.74) is 0.316. The Kier molecular flexibility index (Phi) is 5.00. The second kappa shape index (κ2) is 6.45. The highest BCUT2D eigenvalue weighted by molar-refractivity contribution is 5.23. The van der Waals surface area contributed by atoms with Gasteiger partial charge < -0.3 is 14.8 Å². The molecule has 4 nitrogen and oxygen atoms in total. The molecule has 0 saturated heterocycles. The molecule has 0 unspecified atom stereocenters. The van der Waals surface area contributed by atoms with Gasteiger partial charge in [0.05, 0.1) is 12.8 Å². The first-order chi connectivity index (χ1) is 10.1. The molecule has 4 heteroatoms. The molecule has 22 heavy (non-hydrogen) atoms. The van der Waals surface area contributed by atoms with Gasteiger partial charge in [-0.25, -0.2) is 4.98 Å². The molecular formula is C18H30N2O2. The molecule has 1 saturated carbocycles. The van der Waals surface area contributed by atoms with Crippen molar-refractivity contribution in [2.45, 2.75) is 72.1 Å².